The molecule has 0 fully saturated rings. The van der Waals surface area contributed by atoms with E-state index in [4.69, 9.17) is 11.5 Å². The first-order chi connectivity index (χ1) is 6.54. The van der Waals surface area contributed by atoms with Gasteiger partial charge in [0.15, 0.2) is 5.13 Å². The number of anilines is 1. The molecule has 1 atom stereocenters. The summed E-state index contributed by atoms with van der Waals surface area (Å²) in [5, 5.41) is 3.16. The van der Waals surface area contributed by atoms with E-state index >= 15 is 0 Å². The molecule has 1 amide bonds. The fourth-order valence-electron chi connectivity index (χ4n) is 0.976. The van der Waals surface area contributed by atoms with E-state index in [2.05, 4.69) is 10.3 Å². The normalized spacial score (nSPS) is 11.7. The SMILES string of the molecule is Cc1nc(N)sc1C(=O)N[C@H](C)CN.Cl. The Hall–Kier alpha value is -0.850. The third kappa shape index (κ3) is 3.65. The number of hydrogen-bond donors (Lipinski definition) is 3. The van der Waals surface area contributed by atoms with Gasteiger partial charge in [-0.3, -0.25) is 4.79 Å². The number of aromatic nitrogens is 1. The van der Waals surface area contributed by atoms with E-state index in [9.17, 15) is 4.79 Å². The molecule has 1 aromatic heterocycles. The number of carbonyl (C=O) groups is 1. The monoisotopic (exact) mass is 250 g/mol. The lowest BCUT2D eigenvalue weighted by atomic mass is 10.3. The number of nitrogens with zero attached hydrogens (tertiary/aromatic N) is 1. The highest BCUT2D eigenvalue weighted by Gasteiger charge is 2.15. The first kappa shape index (κ1) is 14.2. The lowest BCUT2D eigenvalue weighted by Crippen LogP contribution is -2.37. The highest BCUT2D eigenvalue weighted by atomic mass is 35.5. The number of rotatable bonds is 3. The lowest BCUT2D eigenvalue weighted by Gasteiger charge is -2.09. The number of carbonyl (C=O) groups excluding carboxylic acids is 1. The molecule has 0 spiro atoms. The predicted octanol–water partition coefficient (Wildman–Crippen LogP) is 0.533. The average molecular weight is 251 g/mol. The first-order valence-corrected chi connectivity index (χ1v) is 5.10. The van der Waals surface area contributed by atoms with Crippen LogP contribution in [0.5, 0.6) is 0 Å². The highest BCUT2D eigenvalue weighted by molar-refractivity contribution is 7.17. The number of nitrogen functional groups attached to an aromatic ring is 1. The zero-order valence-corrected chi connectivity index (χ0v) is 10.2. The first-order valence-electron chi connectivity index (χ1n) is 4.28. The summed E-state index contributed by atoms with van der Waals surface area (Å²) < 4.78 is 0. The summed E-state index contributed by atoms with van der Waals surface area (Å²) in [5.74, 6) is -0.158. The van der Waals surface area contributed by atoms with Crippen LogP contribution in [0.4, 0.5) is 5.13 Å². The fourth-order valence-corrected chi connectivity index (χ4v) is 1.71. The van der Waals surface area contributed by atoms with Crippen LogP contribution in [0, 0.1) is 6.92 Å². The highest BCUT2D eigenvalue weighted by Crippen LogP contribution is 2.19. The Balaban J connectivity index is 0.00000196. The second-order valence-corrected chi connectivity index (χ2v) is 4.11. The van der Waals surface area contributed by atoms with Crippen LogP contribution in [0.3, 0.4) is 0 Å². The number of hydrogen-bond acceptors (Lipinski definition) is 5. The van der Waals surface area contributed by atoms with Gasteiger partial charge in [0, 0.05) is 12.6 Å². The van der Waals surface area contributed by atoms with Gasteiger partial charge in [-0.05, 0) is 13.8 Å². The molecule has 1 heterocycles. The van der Waals surface area contributed by atoms with E-state index < -0.39 is 0 Å². The van der Waals surface area contributed by atoms with Gasteiger partial charge in [0.1, 0.15) is 4.88 Å². The van der Waals surface area contributed by atoms with E-state index in [-0.39, 0.29) is 24.4 Å². The molecular formula is C8H15ClN4OS. The summed E-state index contributed by atoms with van der Waals surface area (Å²) in [6.07, 6.45) is 0. The largest absolute Gasteiger partial charge is 0.375 e. The molecule has 1 rings (SSSR count). The summed E-state index contributed by atoms with van der Waals surface area (Å²) in [5.41, 5.74) is 11.5. The van der Waals surface area contributed by atoms with Gasteiger partial charge >= 0.3 is 0 Å². The zero-order valence-electron chi connectivity index (χ0n) is 8.61. The van der Waals surface area contributed by atoms with Crippen LogP contribution < -0.4 is 16.8 Å². The van der Waals surface area contributed by atoms with E-state index in [1.165, 1.54) is 11.3 Å². The fraction of sp³-hybridized carbons (Fsp3) is 0.500. The molecule has 0 unspecified atom stereocenters. The molecule has 0 aliphatic heterocycles. The standard InChI is InChI=1S/C8H14N4OS.ClH/c1-4(3-9)11-7(13)6-5(2)12-8(10)14-6;/h4H,3,9H2,1-2H3,(H2,10,12)(H,11,13);1H/t4-;/m1./s1. The van der Waals surface area contributed by atoms with Gasteiger partial charge in [-0.15, -0.1) is 12.4 Å². The zero-order chi connectivity index (χ0) is 10.7. The smallest absolute Gasteiger partial charge is 0.263 e. The van der Waals surface area contributed by atoms with Gasteiger partial charge in [-0.25, -0.2) is 4.98 Å². The van der Waals surface area contributed by atoms with Crippen LogP contribution in [0.25, 0.3) is 0 Å². The Bertz CT molecular complexity index is 341. The van der Waals surface area contributed by atoms with Crippen molar-refractivity contribution in [3.8, 4) is 0 Å². The Labute approximate surface area is 98.7 Å². The molecule has 0 radical (unpaired) electrons. The number of nitrogens with one attached hydrogen (secondary N) is 1. The minimum atomic E-state index is -0.158. The average Bonchev–Trinajstić information content (AvgIpc) is 2.45. The number of thiazole rings is 1. The molecule has 0 aliphatic carbocycles. The van der Waals surface area contributed by atoms with Crippen molar-refractivity contribution in [2.24, 2.45) is 5.73 Å². The molecule has 0 aliphatic rings. The number of aryl methyl sites for hydroxylation is 1. The molecule has 0 bridgehead atoms. The Morgan fingerprint density at radius 3 is 2.67 bits per heavy atom. The van der Waals surface area contributed by atoms with Gasteiger partial charge in [0.25, 0.3) is 5.91 Å². The van der Waals surface area contributed by atoms with Gasteiger partial charge in [-0.2, -0.15) is 0 Å². The second kappa shape index (κ2) is 5.89. The van der Waals surface area contributed by atoms with E-state index in [0.29, 0.717) is 22.2 Å². The minimum absolute atomic E-state index is 0. The Morgan fingerprint density at radius 2 is 2.27 bits per heavy atom. The van der Waals surface area contributed by atoms with Crippen LogP contribution in [-0.2, 0) is 0 Å². The van der Waals surface area contributed by atoms with Crippen molar-refractivity contribution < 1.29 is 4.79 Å². The molecule has 0 saturated carbocycles. The van der Waals surface area contributed by atoms with Crippen LogP contribution in [0.2, 0.25) is 0 Å². The summed E-state index contributed by atoms with van der Waals surface area (Å²) in [4.78, 5) is 16.1. The second-order valence-electron chi connectivity index (χ2n) is 3.08. The molecule has 0 aromatic carbocycles. The van der Waals surface area contributed by atoms with Crippen molar-refractivity contribution in [1.82, 2.24) is 10.3 Å². The number of nitrogens with two attached hydrogens (primary N) is 2. The van der Waals surface area contributed by atoms with Crippen molar-refractivity contribution in [3.05, 3.63) is 10.6 Å². The van der Waals surface area contributed by atoms with Crippen LogP contribution in [0.1, 0.15) is 22.3 Å². The van der Waals surface area contributed by atoms with Crippen LogP contribution >= 0.6 is 23.7 Å². The molecule has 5 N–H and O–H groups in total. The molecular weight excluding hydrogens is 236 g/mol. The topological polar surface area (TPSA) is 94.0 Å². The summed E-state index contributed by atoms with van der Waals surface area (Å²) in [6.45, 7) is 4.02. The summed E-state index contributed by atoms with van der Waals surface area (Å²) in [7, 11) is 0. The van der Waals surface area contributed by atoms with Crippen LogP contribution in [-0.4, -0.2) is 23.5 Å². The number of halogens is 1. The van der Waals surface area contributed by atoms with Crippen molar-refractivity contribution in [3.63, 3.8) is 0 Å². The third-order valence-electron chi connectivity index (χ3n) is 1.75. The Kier molecular flexibility index (Phi) is 5.56. The van der Waals surface area contributed by atoms with Gasteiger partial charge in [0.05, 0.1) is 5.69 Å². The number of amides is 1. The summed E-state index contributed by atoms with van der Waals surface area (Å²) >= 11 is 1.19. The molecule has 0 saturated heterocycles. The van der Waals surface area contributed by atoms with Crippen molar-refractivity contribution in [1.29, 1.82) is 0 Å². The molecule has 86 valence electrons. The van der Waals surface area contributed by atoms with Crippen LogP contribution in [0.15, 0.2) is 0 Å². The maximum Gasteiger partial charge on any atom is 0.263 e. The van der Waals surface area contributed by atoms with Gasteiger partial charge in [0.2, 0.25) is 0 Å². The minimum Gasteiger partial charge on any atom is -0.375 e. The quantitative estimate of drug-likeness (QED) is 0.730. The molecule has 7 heteroatoms. The molecule has 1 aromatic rings. The Morgan fingerprint density at radius 1 is 1.67 bits per heavy atom. The predicted molar refractivity (Wildman–Crippen MR) is 64.5 cm³/mol. The maximum atomic E-state index is 11.6. The van der Waals surface area contributed by atoms with Gasteiger partial charge in [-0.1, -0.05) is 11.3 Å². The van der Waals surface area contributed by atoms with Gasteiger partial charge < -0.3 is 16.8 Å². The van der Waals surface area contributed by atoms with Crippen molar-refractivity contribution in [2.45, 2.75) is 19.9 Å². The lowest BCUT2D eigenvalue weighted by molar-refractivity contribution is 0.0944. The summed E-state index contributed by atoms with van der Waals surface area (Å²) in [6, 6.07) is -0.0368. The van der Waals surface area contributed by atoms with E-state index in [1.807, 2.05) is 6.92 Å². The molecule has 15 heavy (non-hydrogen) atoms. The van der Waals surface area contributed by atoms with Crippen molar-refractivity contribution >= 4 is 34.8 Å². The molecule has 5 nitrogen and oxygen atoms in total. The third-order valence-corrected chi connectivity index (χ3v) is 2.74. The van der Waals surface area contributed by atoms with E-state index in [1.54, 1.807) is 6.92 Å². The van der Waals surface area contributed by atoms with Crippen molar-refractivity contribution in [2.75, 3.05) is 12.3 Å². The van der Waals surface area contributed by atoms with E-state index in [0.717, 1.165) is 0 Å². The maximum absolute atomic E-state index is 11.6.